The number of hydrogen-bond donors (Lipinski definition) is 2. The first kappa shape index (κ1) is 47.2. The second-order valence-corrected chi connectivity index (χ2v) is 12.4. The van der Waals surface area contributed by atoms with Crippen LogP contribution in [0.25, 0.3) is 0 Å². The van der Waals surface area contributed by atoms with Crippen molar-refractivity contribution < 1.29 is 30.0 Å². The fourth-order valence-corrected chi connectivity index (χ4v) is 5.24. The van der Waals surface area contributed by atoms with Gasteiger partial charge < -0.3 is 30.0 Å². The van der Waals surface area contributed by atoms with E-state index in [0.717, 1.165) is 64.2 Å². The van der Waals surface area contributed by atoms with Crippen LogP contribution < -0.4 is 10.2 Å². The molecule has 0 aliphatic rings. The van der Waals surface area contributed by atoms with Gasteiger partial charge in [0.1, 0.15) is 0 Å². The van der Waals surface area contributed by atoms with Crippen LogP contribution in [0.2, 0.25) is 0 Å². The van der Waals surface area contributed by atoms with Gasteiger partial charge in [-0.3, -0.25) is 0 Å². The maximum Gasteiger partial charge on any atom is 2.00 e. The Bertz CT molecular complexity index is 512. The number of carboxylic acid groups (broad SMARTS) is 2. The van der Waals surface area contributed by atoms with Crippen LogP contribution in [0.1, 0.15) is 206 Å². The Kier molecular flexibility index (Phi) is 43.7. The standard InChI is InChI=1S/2C18H36O3.Pb/c2*1-2-17(19)15-13-11-9-7-5-3-4-6-8-10-12-14-16-18(20)21;/h2*17,19H,2-16H2,1H3,(H,20,21);/q;;+2/p-2. The average molecular weight is 806 g/mol. The second-order valence-electron chi connectivity index (χ2n) is 12.4. The van der Waals surface area contributed by atoms with Gasteiger partial charge in [0.05, 0.1) is 12.2 Å². The SMILES string of the molecule is CCC(O)CCCCCCCCCCCCCCC(=O)[O-].CCC(O)CCCCCCCCCCCCCCC(=O)[O-].[Pb+2]. The van der Waals surface area contributed by atoms with Crippen LogP contribution in [-0.4, -0.2) is 61.7 Å². The minimum absolute atomic E-state index is 0. The zero-order valence-electron chi connectivity index (χ0n) is 28.4. The van der Waals surface area contributed by atoms with Gasteiger partial charge in [0.2, 0.25) is 0 Å². The molecule has 0 amide bonds. The van der Waals surface area contributed by atoms with Gasteiger partial charge in [0.15, 0.2) is 0 Å². The molecular formula is C36H70O6Pb. The summed E-state index contributed by atoms with van der Waals surface area (Å²) in [6.45, 7) is 4.07. The average Bonchev–Trinajstić information content (AvgIpc) is 2.97. The smallest absolute Gasteiger partial charge is 0.550 e. The molecule has 7 heteroatoms. The molecule has 0 aromatic carbocycles. The predicted molar refractivity (Wildman–Crippen MR) is 178 cm³/mol. The van der Waals surface area contributed by atoms with Crippen molar-refractivity contribution in [3.63, 3.8) is 0 Å². The molecule has 0 fully saturated rings. The number of hydrogen-bond acceptors (Lipinski definition) is 6. The fraction of sp³-hybridized carbons (Fsp3) is 0.944. The normalized spacial score (nSPS) is 12.2. The van der Waals surface area contributed by atoms with Crippen molar-refractivity contribution >= 4 is 39.2 Å². The zero-order valence-corrected chi connectivity index (χ0v) is 32.3. The van der Waals surface area contributed by atoms with E-state index in [-0.39, 0.29) is 52.3 Å². The van der Waals surface area contributed by atoms with Crippen LogP contribution in [-0.2, 0) is 9.59 Å². The molecule has 0 bridgehead atoms. The van der Waals surface area contributed by atoms with E-state index in [9.17, 15) is 30.0 Å². The van der Waals surface area contributed by atoms with Crippen LogP contribution in [0.3, 0.4) is 0 Å². The summed E-state index contributed by atoms with van der Waals surface area (Å²) < 4.78 is 0. The monoisotopic (exact) mass is 806 g/mol. The summed E-state index contributed by atoms with van der Waals surface area (Å²) >= 11 is 0. The summed E-state index contributed by atoms with van der Waals surface area (Å²) in [6.07, 6.45) is 33.0. The van der Waals surface area contributed by atoms with E-state index in [1.165, 1.54) is 116 Å². The molecule has 2 N–H and O–H groups in total. The number of aliphatic hydroxyl groups is 2. The van der Waals surface area contributed by atoms with Crippen molar-refractivity contribution in [2.24, 2.45) is 0 Å². The molecular weight excluding hydrogens is 736 g/mol. The molecule has 0 aliphatic heterocycles. The Morgan fingerprint density at radius 3 is 0.791 bits per heavy atom. The fourth-order valence-electron chi connectivity index (χ4n) is 5.24. The van der Waals surface area contributed by atoms with E-state index in [1.54, 1.807) is 0 Å². The van der Waals surface area contributed by atoms with Crippen molar-refractivity contribution in [1.29, 1.82) is 0 Å². The van der Waals surface area contributed by atoms with E-state index in [2.05, 4.69) is 0 Å². The zero-order chi connectivity index (χ0) is 31.5. The molecule has 0 aromatic heterocycles. The summed E-state index contributed by atoms with van der Waals surface area (Å²) in [5, 5.41) is 39.3. The Balaban J connectivity index is -0.000000727. The minimum Gasteiger partial charge on any atom is -0.550 e. The number of rotatable bonds is 32. The van der Waals surface area contributed by atoms with Crippen LogP contribution >= 0.6 is 0 Å². The van der Waals surface area contributed by atoms with E-state index in [1.807, 2.05) is 13.8 Å². The van der Waals surface area contributed by atoms with Crippen molar-refractivity contribution in [2.45, 2.75) is 219 Å². The first-order valence-electron chi connectivity index (χ1n) is 18.1. The first-order chi connectivity index (χ1) is 20.3. The van der Waals surface area contributed by atoms with Crippen LogP contribution in [0, 0.1) is 0 Å². The number of carbonyl (C=O) groups is 2. The molecule has 6 nitrogen and oxygen atoms in total. The topological polar surface area (TPSA) is 121 Å². The van der Waals surface area contributed by atoms with E-state index in [4.69, 9.17) is 0 Å². The van der Waals surface area contributed by atoms with Gasteiger partial charge in [-0.15, -0.1) is 0 Å². The summed E-state index contributed by atoms with van der Waals surface area (Å²) in [6, 6.07) is 0. The van der Waals surface area contributed by atoms with Gasteiger partial charge in [0.25, 0.3) is 0 Å². The molecule has 0 rings (SSSR count). The molecule has 0 saturated carbocycles. The molecule has 254 valence electrons. The maximum atomic E-state index is 10.2. The third-order valence-electron chi connectivity index (χ3n) is 8.28. The largest absolute Gasteiger partial charge is 2.00 e. The minimum atomic E-state index is -0.917. The summed E-state index contributed by atoms with van der Waals surface area (Å²) in [5.41, 5.74) is 0. The molecule has 0 saturated heterocycles. The van der Waals surface area contributed by atoms with Crippen molar-refractivity contribution in [3.8, 4) is 0 Å². The van der Waals surface area contributed by atoms with Crippen LogP contribution in [0.4, 0.5) is 0 Å². The number of carboxylic acids is 2. The van der Waals surface area contributed by atoms with E-state index < -0.39 is 11.9 Å². The van der Waals surface area contributed by atoms with E-state index >= 15 is 0 Å². The van der Waals surface area contributed by atoms with Crippen molar-refractivity contribution in [1.82, 2.24) is 0 Å². The van der Waals surface area contributed by atoms with Crippen LogP contribution in [0.5, 0.6) is 0 Å². The van der Waals surface area contributed by atoms with E-state index in [0.29, 0.717) is 0 Å². The Hall–Kier alpha value is -0.218. The van der Waals surface area contributed by atoms with Gasteiger partial charge in [-0.05, 0) is 51.4 Å². The molecule has 0 aromatic rings. The number of unbranched alkanes of at least 4 members (excludes halogenated alkanes) is 22. The van der Waals surface area contributed by atoms with Crippen LogP contribution in [0.15, 0.2) is 0 Å². The Morgan fingerprint density at radius 1 is 0.419 bits per heavy atom. The number of aliphatic carboxylic acids is 2. The predicted octanol–water partition coefficient (Wildman–Crippen LogP) is 7.56. The molecule has 2 atom stereocenters. The summed E-state index contributed by atoms with van der Waals surface area (Å²) in [5.74, 6) is -1.83. The number of aliphatic hydroxyl groups excluding tert-OH is 2. The maximum absolute atomic E-state index is 10.2. The van der Waals surface area contributed by atoms with Gasteiger partial charge in [0, 0.05) is 11.9 Å². The summed E-state index contributed by atoms with van der Waals surface area (Å²) in [7, 11) is 0. The quantitative estimate of drug-likeness (QED) is 0.0535. The van der Waals surface area contributed by atoms with Crippen molar-refractivity contribution in [2.75, 3.05) is 0 Å². The van der Waals surface area contributed by atoms with Gasteiger partial charge >= 0.3 is 27.3 Å². The molecule has 43 heavy (non-hydrogen) atoms. The van der Waals surface area contributed by atoms with Crippen molar-refractivity contribution in [3.05, 3.63) is 0 Å². The Labute approximate surface area is 286 Å². The van der Waals surface area contributed by atoms with Gasteiger partial charge in [-0.2, -0.15) is 0 Å². The molecule has 0 spiro atoms. The number of carbonyl (C=O) groups excluding carboxylic acids is 2. The third-order valence-corrected chi connectivity index (χ3v) is 8.28. The third kappa shape index (κ3) is 46.3. The summed E-state index contributed by atoms with van der Waals surface area (Å²) in [4.78, 5) is 20.5. The molecule has 2 radical (unpaired) electrons. The molecule has 0 aliphatic carbocycles. The second kappa shape index (κ2) is 39.8. The Morgan fingerprint density at radius 2 is 0.605 bits per heavy atom. The van der Waals surface area contributed by atoms with Gasteiger partial charge in [-0.1, -0.05) is 155 Å². The molecule has 0 heterocycles. The molecule has 2 unspecified atom stereocenters. The van der Waals surface area contributed by atoms with Gasteiger partial charge in [-0.25, -0.2) is 0 Å². The first-order valence-corrected chi connectivity index (χ1v) is 18.1.